The molecule has 33 nitrogen and oxygen atoms in total. The smallest absolute Gasteiger partial charge is 0.268 e. The number of hydrogen-bond donors (Lipinski definition) is 6. The summed E-state index contributed by atoms with van der Waals surface area (Å²) in [4.78, 5) is 77.0. The maximum atomic E-state index is 13.6. The van der Waals surface area contributed by atoms with Gasteiger partial charge in [-0.3, -0.25) is 27.4 Å². The average molecular weight is 985 g/mol. The zero-order valence-electron chi connectivity index (χ0n) is 32.9. The third kappa shape index (κ3) is 8.10. The van der Waals surface area contributed by atoms with Crippen LogP contribution in [-0.4, -0.2) is 149 Å². The molecule has 0 bridgehead atoms. The molecule has 6 aromatic heterocycles. The van der Waals surface area contributed by atoms with Gasteiger partial charge >= 0.3 is 0 Å². The van der Waals surface area contributed by atoms with Gasteiger partial charge in [0.05, 0.1) is 38.8 Å². The van der Waals surface area contributed by atoms with Crippen LogP contribution in [0.15, 0.2) is 38.0 Å². The Morgan fingerprint density at radius 1 is 0.485 bits per heavy atom. The van der Waals surface area contributed by atoms with Crippen LogP contribution < -0.4 is 31.9 Å². The summed E-state index contributed by atoms with van der Waals surface area (Å²) in [5.41, 5.74) is 17.9. The van der Waals surface area contributed by atoms with Gasteiger partial charge < -0.3 is 88.6 Å². The van der Waals surface area contributed by atoms with Gasteiger partial charge in [0.25, 0.3) is 23.5 Å². The van der Waals surface area contributed by atoms with Crippen molar-refractivity contribution in [2.24, 2.45) is 0 Å². The van der Waals surface area contributed by atoms with E-state index in [0.717, 1.165) is 51.7 Å². The highest BCUT2D eigenvalue weighted by Gasteiger charge is 2.53. The van der Waals surface area contributed by atoms with Crippen LogP contribution in [0.25, 0.3) is 33.5 Å². The minimum absolute atomic E-state index is 0.00245. The predicted molar refractivity (Wildman–Crippen MR) is 204 cm³/mol. The summed E-state index contributed by atoms with van der Waals surface area (Å²) in [6, 6.07) is 0. The van der Waals surface area contributed by atoms with Crippen LogP contribution in [-0.2, 0) is 55.0 Å². The summed E-state index contributed by atoms with van der Waals surface area (Å²) in [5.74, 6) is -0.200. The molecule has 4 saturated heterocycles. The van der Waals surface area contributed by atoms with Crippen LogP contribution in [0.4, 0.5) is 17.5 Å². The van der Waals surface area contributed by atoms with E-state index in [2.05, 4.69) is 44.9 Å². The highest BCUT2D eigenvalue weighted by molar-refractivity contribution is 7.46. The molecule has 10 heterocycles. The van der Waals surface area contributed by atoms with Gasteiger partial charge in [-0.25, -0.2) is 44.9 Å². The Balaban J connectivity index is 1.00. The number of ether oxygens (including phenoxy) is 3. The molecule has 4 fully saturated rings. The molecular weight excluding hydrogens is 951 g/mol. The highest BCUT2D eigenvalue weighted by Crippen LogP contribution is 2.52. The summed E-state index contributed by atoms with van der Waals surface area (Å²) in [5, 5.41) is 34.7. The Hall–Kier alpha value is -4.86. The van der Waals surface area contributed by atoms with Crippen molar-refractivity contribution in [3.63, 3.8) is 0 Å². The van der Waals surface area contributed by atoms with Crippen molar-refractivity contribution in [3.8, 4) is 0 Å². The molecule has 0 amide bonds. The highest BCUT2D eigenvalue weighted by atomic mass is 31.2. The summed E-state index contributed by atoms with van der Waals surface area (Å²) in [6.07, 6.45) is -15.7. The Morgan fingerprint density at radius 3 is 1.03 bits per heavy atom. The van der Waals surface area contributed by atoms with Crippen LogP contribution >= 0.6 is 23.5 Å². The molecule has 6 aromatic rings. The predicted octanol–water partition coefficient (Wildman–Crippen LogP) is -4.35. The van der Waals surface area contributed by atoms with Gasteiger partial charge in [-0.1, -0.05) is 0 Å². The first-order valence-electron chi connectivity index (χ1n) is 19.1. The van der Waals surface area contributed by atoms with E-state index in [-0.39, 0.29) is 50.9 Å². The van der Waals surface area contributed by atoms with Gasteiger partial charge in [0.15, 0.2) is 53.1 Å². The van der Waals surface area contributed by atoms with Gasteiger partial charge in [-0.05, 0) is 0 Å². The molecule has 0 aromatic carbocycles. The molecule has 354 valence electrons. The minimum atomic E-state index is -5.72. The van der Waals surface area contributed by atoms with E-state index < -0.39 is 117 Å². The fourth-order valence-corrected chi connectivity index (χ4v) is 10.7. The summed E-state index contributed by atoms with van der Waals surface area (Å²) >= 11 is 0. The zero-order valence-corrected chi connectivity index (χ0v) is 35.6. The standard InChI is InChI=1S/C30H36N15O18P3/c31-22-13-25(37-4-34-22)43(7-40-13)28-16(46)19-10(58-28)1-55-64(49,50)62-20-11(59-29(17(20)47)44-8-41-14-23(32)35-5-38-26(14)44)2-57-66(53,54)63-21-12(3-56-65(51,52)61-19)60-30(18(21)48)45-9-42-15-24(33)36-6-39-27(15)45/h4-12,16-21,28-30,46-48H,1-3H2,(H,49,50)(H,51,52)(H,53,54)(H2,31,34,37)(H2,32,35,38)(H2,33,36,39)/p-3/t10-,11-,12-,16-,17-,18-,19-,20-,21-,28-,29-,30-/m1/s1. The first-order valence-corrected chi connectivity index (χ1v) is 23.5. The number of aliphatic hydroxyl groups is 3. The topological polar surface area (TPSA) is 473 Å². The van der Waals surface area contributed by atoms with E-state index >= 15 is 0 Å². The van der Waals surface area contributed by atoms with Crippen LogP contribution in [0.1, 0.15) is 18.7 Å². The van der Waals surface area contributed by atoms with Gasteiger partial charge in [0.1, 0.15) is 90.5 Å². The van der Waals surface area contributed by atoms with E-state index in [4.69, 9.17) is 58.6 Å². The summed E-state index contributed by atoms with van der Waals surface area (Å²) < 4.78 is 93.2. The molecule has 10 rings (SSSR count). The van der Waals surface area contributed by atoms with Crippen LogP contribution in [0, 0.1) is 0 Å². The minimum Gasteiger partial charge on any atom is -0.756 e. The van der Waals surface area contributed by atoms with E-state index in [1.54, 1.807) is 0 Å². The second-order valence-corrected chi connectivity index (χ2v) is 18.9. The SMILES string of the molecule is Nc1ncnc2c1ncn2[C@@H]1O[C@@H]2COP(=O)([O-])O[C@H]3[C@@H](O)[C@H](n4cnc5c(N)ncnc54)O[C@@H]3COP(=O)([O-])O[C@H]3[C@@H](O)[C@H](n4cnc5c(N)ncnc54)O[C@@H]3COP(=O)([O-])O[C@H]2[C@H]1O. The Bertz CT molecular complexity index is 2660. The molecule has 9 N–H and O–H groups in total. The number of hydrogen-bond acceptors (Lipinski definition) is 30. The van der Waals surface area contributed by atoms with Crippen LogP contribution in [0.2, 0.25) is 0 Å². The second-order valence-electron chi connectivity index (χ2n) is 14.9. The third-order valence-corrected chi connectivity index (χ3v) is 13.8. The molecular formula is C30H33N15O18P3-3. The van der Waals surface area contributed by atoms with Crippen molar-refractivity contribution in [1.29, 1.82) is 0 Å². The van der Waals surface area contributed by atoms with Crippen molar-refractivity contribution >= 4 is 74.4 Å². The van der Waals surface area contributed by atoms with Gasteiger partial charge in [-0.15, -0.1) is 0 Å². The van der Waals surface area contributed by atoms with E-state index in [0.29, 0.717) is 0 Å². The normalized spacial score (nSPS) is 38.3. The van der Waals surface area contributed by atoms with E-state index in [1.807, 2.05) is 0 Å². The second kappa shape index (κ2) is 16.7. The fourth-order valence-electron chi connectivity index (χ4n) is 7.84. The first-order chi connectivity index (χ1) is 31.4. The third-order valence-electron chi connectivity index (χ3n) is 10.9. The molecule has 0 saturated carbocycles. The lowest BCUT2D eigenvalue weighted by Gasteiger charge is -2.34. The Morgan fingerprint density at radius 2 is 0.758 bits per heavy atom. The summed E-state index contributed by atoms with van der Waals surface area (Å²) in [7, 11) is -17.2. The number of imidazole rings is 3. The molecule has 66 heavy (non-hydrogen) atoms. The van der Waals surface area contributed by atoms with Crippen molar-refractivity contribution in [2.75, 3.05) is 37.0 Å². The number of phosphoric ester groups is 3. The molecule has 15 atom stereocenters. The van der Waals surface area contributed by atoms with Gasteiger partial charge in [-0.2, -0.15) is 0 Å². The van der Waals surface area contributed by atoms with E-state index in [9.17, 15) is 43.7 Å². The van der Waals surface area contributed by atoms with Crippen molar-refractivity contribution in [1.82, 2.24) is 58.6 Å². The molecule has 36 heteroatoms. The maximum Gasteiger partial charge on any atom is 0.268 e. The Labute approximate surface area is 366 Å². The number of nitrogens with zero attached hydrogens (tertiary/aromatic N) is 12. The number of anilines is 3. The fraction of sp³-hybridized carbons (Fsp3) is 0.500. The number of phosphoric acid groups is 3. The largest absolute Gasteiger partial charge is 0.756 e. The quantitative estimate of drug-likeness (QED) is 0.0913. The molecule has 4 aliphatic rings. The van der Waals surface area contributed by atoms with Crippen molar-refractivity contribution in [3.05, 3.63) is 38.0 Å². The monoisotopic (exact) mass is 984 g/mol. The molecule has 3 unspecified atom stereocenters. The Kier molecular flexibility index (Phi) is 11.4. The number of nitrogens with two attached hydrogens (primary N) is 3. The lowest BCUT2D eigenvalue weighted by molar-refractivity contribution is -0.243. The molecule has 0 aliphatic carbocycles. The van der Waals surface area contributed by atoms with Crippen molar-refractivity contribution < 1.29 is 85.0 Å². The molecule has 0 spiro atoms. The number of rotatable bonds is 3. The van der Waals surface area contributed by atoms with Gasteiger partial charge in [0.2, 0.25) is 0 Å². The summed E-state index contributed by atoms with van der Waals surface area (Å²) in [6.45, 7) is -3.38. The van der Waals surface area contributed by atoms with E-state index in [1.165, 1.54) is 0 Å². The average Bonchev–Trinajstić information content (AvgIpc) is 4.13. The van der Waals surface area contributed by atoms with Crippen molar-refractivity contribution in [2.45, 2.75) is 73.6 Å². The van der Waals surface area contributed by atoms with Crippen LogP contribution in [0.5, 0.6) is 0 Å². The lowest BCUT2D eigenvalue weighted by Crippen LogP contribution is -2.41. The molecule has 0 radical (unpaired) electrons. The lowest BCUT2D eigenvalue weighted by atomic mass is 10.1. The number of aliphatic hydroxyl groups excluding tert-OH is 3. The zero-order chi connectivity index (χ0) is 46.4. The molecule has 4 aliphatic heterocycles. The number of fused-ring (bicyclic) bond motifs is 6. The number of aromatic nitrogens is 12. The number of nitrogen functional groups attached to an aromatic ring is 3. The first kappa shape index (κ1) is 44.9. The van der Waals surface area contributed by atoms with Crippen LogP contribution in [0.3, 0.4) is 0 Å². The van der Waals surface area contributed by atoms with Gasteiger partial charge in [0, 0.05) is 0 Å². The maximum absolute atomic E-state index is 13.6.